The van der Waals surface area contributed by atoms with E-state index in [-0.39, 0.29) is 28.4 Å². The second kappa shape index (κ2) is 30.2. The Labute approximate surface area is 423 Å². The first kappa shape index (κ1) is 53.7. The average molecular weight is 975 g/mol. The molecular weight excluding hydrogens is 909 g/mol. The SMILES string of the molecule is CCCCCCCCCCCCOc1ccc(C(=O)Oc2ccc(C(=O)Oc3cccc(N=Nc4ccc(OC(=O)c5ccc(OC(=O)c6ccc(OCCCCCCCC)cc6)cc5)cc4)c3)cc2)cc1. The van der Waals surface area contributed by atoms with Gasteiger partial charge in [0, 0.05) is 6.07 Å². The number of nitrogens with zero attached hydrogens (tertiary/aromatic N) is 2. The van der Waals surface area contributed by atoms with Crippen LogP contribution in [0.5, 0.6) is 34.5 Å². The molecule has 0 amide bonds. The van der Waals surface area contributed by atoms with Crippen molar-refractivity contribution in [3.8, 4) is 34.5 Å². The predicted molar refractivity (Wildman–Crippen MR) is 279 cm³/mol. The second-order valence-electron chi connectivity index (χ2n) is 17.5. The molecule has 0 atom stereocenters. The van der Waals surface area contributed by atoms with Gasteiger partial charge in [-0.3, -0.25) is 0 Å². The maximum absolute atomic E-state index is 13.0. The van der Waals surface area contributed by atoms with Gasteiger partial charge in [0.2, 0.25) is 0 Å². The highest BCUT2D eigenvalue weighted by Gasteiger charge is 2.15. The number of hydrogen-bond acceptors (Lipinski definition) is 12. The molecule has 12 heteroatoms. The molecule has 0 aliphatic heterocycles. The summed E-state index contributed by atoms with van der Waals surface area (Å²) in [7, 11) is 0. The van der Waals surface area contributed by atoms with Crippen molar-refractivity contribution >= 4 is 35.3 Å². The van der Waals surface area contributed by atoms with Crippen LogP contribution in [0.1, 0.15) is 158 Å². The lowest BCUT2D eigenvalue weighted by molar-refractivity contribution is 0.0720. The Bertz CT molecular complexity index is 2610. The van der Waals surface area contributed by atoms with Crippen molar-refractivity contribution in [2.75, 3.05) is 13.2 Å². The standard InChI is InChI=1S/C60H66N2O10/c1-3-5-7-9-11-12-13-14-16-18-43-68-52-34-24-46(25-35-52)58(64)70-54-38-28-48(29-39-54)60(66)72-56-21-19-20-50(44-56)62-61-49-30-40-55(41-31-49)71-59(65)47-26-36-53(37-27-47)69-57(63)45-22-32-51(33-23-45)67-42-17-15-10-8-6-4-2/h19-41,44H,3-18,42-43H2,1-2H3. The minimum absolute atomic E-state index is 0.255. The van der Waals surface area contributed by atoms with Crippen molar-refractivity contribution in [3.05, 3.63) is 168 Å². The van der Waals surface area contributed by atoms with Crippen LogP contribution < -0.4 is 28.4 Å². The summed E-state index contributed by atoms with van der Waals surface area (Å²) in [6, 6.07) is 38.9. The van der Waals surface area contributed by atoms with E-state index >= 15 is 0 Å². The van der Waals surface area contributed by atoms with Gasteiger partial charge in [0.15, 0.2) is 0 Å². The van der Waals surface area contributed by atoms with E-state index in [4.69, 9.17) is 28.4 Å². The van der Waals surface area contributed by atoms with Crippen molar-refractivity contribution < 1.29 is 47.6 Å². The molecular formula is C60H66N2O10. The van der Waals surface area contributed by atoms with Gasteiger partial charge in [0.05, 0.1) is 46.8 Å². The first-order valence-corrected chi connectivity index (χ1v) is 25.4. The molecule has 0 aliphatic rings. The van der Waals surface area contributed by atoms with Crippen molar-refractivity contribution in [3.63, 3.8) is 0 Å². The number of carbonyl (C=O) groups excluding carboxylic acids is 4. The average Bonchev–Trinajstić information content (AvgIpc) is 3.40. The third-order valence-corrected chi connectivity index (χ3v) is 11.7. The highest BCUT2D eigenvalue weighted by atomic mass is 16.5. The Morgan fingerprint density at radius 2 is 0.625 bits per heavy atom. The quantitative estimate of drug-likeness (QED) is 0.0185. The van der Waals surface area contributed by atoms with E-state index in [9.17, 15) is 19.2 Å². The number of ether oxygens (including phenoxy) is 6. The zero-order chi connectivity index (χ0) is 50.6. The van der Waals surface area contributed by atoms with Gasteiger partial charge in [-0.15, -0.1) is 0 Å². The Balaban J connectivity index is 0.880. The van der Waals surface area contributed by atoms with Gasteiger partial charge in [-0.2, -0.15) is 10.2 Å². The molecule has 0 unspecified atom stereocenters. The highest BCUT2D eigenvalue weighted by molar-refractivity contribution is 5.94. The molecule has 0 spiro atoms. The van der Waals surface area contributed by atoms with Gasteiger partial charge in [-0.25, -0.2) is 19.2 Å². The number of azo groups is 1. The summed E-state index contributed by atoms with van der Waals surface area (Å²) in [6.45, 7) is 5.73. The minimum atomic E-state index is -0.610. The van der Waals surface area contributed by atoms with Crippen LogP contribution >= 0.6 is 0 Å². The Morgan fingerprint density at radius 1 is 0.319 bits per heavy atom. The minimum Gasteiger partial charge on any atom is -0.494 e. The lowest BCUT2D eigenvalue weighted by atomic mass is 10.1. The Morgan fingerprint density at radius 3 is 1.00 bits per heavy atom. The Hall–Kier alpha value is -7.60. The van der Waals surface area contributed by atoms with Crippen LogP contribution in [0.4, 0.5) is 11.4 Å². The molecule has 0 saturated heterocycles. The maximum Gasteiger partial charge on any atom is 0.343 e. The summed E-state index contributed by atoms with van der Waals surface area (Å²) < 4.78 is 33.8. The smallest absolute Gasteiger partial charge is 0.343 e. The van der Waals surface area contributed by atoms with Crippen molar-refractivity contribution in [1.29, 1.82) is 0 Å². The van der Waals surface area contributed by atoms with E-state index in [0.29, 0.717) is 53.0 Å². The number of esters is 4. The molecule has 72 heavy (non-hydrogen) atoms. The summed E-state index contributed by atoms with van der Waals surface area (Å²) >= 11 is 0. The monoisotopic (exact) mass is 974 g/mol. The molecule has 6 aromatic rings. The Kier molecular flexibility index (Phi) is 22.5. The highest BCUT2D eigenvalue weighted by Crippen LogP contribution is 2.27. The predicted octanol–water partition coefficient (Wildman–Crippen LogP) is 16.0. The lowest BCUT2D eigenvalue weighted by Crippen LogP contribution is -2.10. The maximum atomic E-state index is 13.0. The summed E-state index contributed by atoms with van der Waals surface area (Å²) in [5, 5.41) is 8.52. The zero-order valence-corrected chi connectivity index (χ0v) is 41.6. The van der Waals surface area contributed by atoms with Crippen LogP contribution in [0.15, 0.2) is 156 Å². The van der Waals surface area contributed by atoms with Crippen molar-refractivity contribution in [1.82, 2.24) is 0 Å². The van der Waals surface area contributed by atoms with Gasteiger partial charge >= 0.3 is 23.9 Å². The zero-order valence-electron chi connectivity index (χ0n) is 41.6. The largest absolute Gasteiger partial charge is 0.494 e. The molecule has 0 heterocycles. The molecule has 0 fully saturated rings. The van der Waals surface area contributed by atoms with Gasteiger partial charge in [0.1, 0.15) is 34.5 Å². The van der Waals surface area contributed by atoms with Crippen LogP contribution in [0.25, 0.3) is 0 Å². The number of carbonyl (C=O) groups is 4. The molecule has 0 aromatic heterocycles. The lowest BCUT2D eigenvalue weighted by Gasteiger charge is -2.08. The van der Waals surface area contributed by atoms with Gasteiger partial charge < -0.3 is 28.4 Å². The number of benzene rings is 6. The summed E-state index contributed by atoms with van der Waals surface area (Å²) in [4.78, 5) is 51.5. The van der Waals surface area contributed by atoms with Crippen molar-refractivity contribution in [2.24, 2.45) is 10.2 Å². The van der Waals surface area contributed by atoms with E-state index in [1.165, 1.54) is 126 Å². The van der Waals surface area contributed by atoms with Crippen LogP contribution in [0.2, 0.25) is 0 Å². The fourth-order valence-corrected chi connectivity index (χ4v) is 7.51. The number of rotatable bonds is 30. The fourth-order valence-electron chi connectivity index (χ4n) is 7.51. The molecule has 6 aromatic carbocycles. The first-order chi connectivity index (χ1) is 35.3. The molecule has 6 rings (SSSR count). The molecule has 0 N–H and O–H groups in total. The molecule has 0 saturated carbocycles. The first-order valence-electron chi connectivity index (χ1n) is 25.4. The number of unbranched alkanes of at least 4 members (excludes halogenated alkanes) is 14. The second-order valence-corrected chi connectivity index (χ2v) is 17.5. The third-order valence-electron chi connectivity index (χ3n) is 11.7. The van der Waals surface area contributed by atoms with E-state index in [0.717, 1.165) is 25.7 Å². The topological polar surface area (TPSA) is 148 Å². The summed E-state index contributed by atoms with van der Waals surface area (Å²) in [6.07, 6.45) is 19.7. The summed E-state index contributed by atoms with van der Waals surface area (Å²) in [5.74, 6) is 0.253. The van der Waals surface area contributed by atoms with E-state index in [1.807, 2.05) is 0 Å². The molecule has 0 bridgehead atoms. The molecule has 0 aliphatic carbocycles. The third kappa shape index (κ3) is 19.0. The van der Waals surface area contributed by atoms with Crippen LogP contribution in [0.3, 0.4) is 0 Å². The van der Waals surface area contributed by atoms with Crippen LogP contribution in [0, 0.1) is 0 Å². The molecule has 0 radical (unpaired) electrons. The normalized spacial score (nSPS) is 11.0. The van der Waals surface area contributed by atoms with Crippen LogP contribution in [-0.4, -0.2) is 37.1 Å². The molecule has 376 valence electrons. The van der Waals surface area contributed by atoms with Crippen molar-refractivity contribution in [2.45, 2.75) is 117 Å². The van der Waals surface area contributed by atoms with E-state index in [2.05, 4.69) is 24.1 Å². The van der Waals surface area contributed by atoms with Crippen LogP contribution in [-0.2, 0) is 0 Å². The van der Waals surface area contributed by atoms with Gasteiger partial charge in [-0.05, 0) is 146 Å². The van der Waals surface area contributed by atoms with E-state index < -0.39 is 23.9 Å². The van der Waals surface area contributed by atoms with Gasteiger partial charge in [-0.1, -0.05) is 110 Å². The number of hydrogen-bond donors (Lipinski definition) is 0. The fraction of sp³-hybridized carbons (Fsp3) is 0.333. The van der Waals surface area contributed by atoms with Gasteiger partial charge in [0.25, 0.3) is 0 Å². The summed E-state index contributed by atoms with van der Waals surface area (Å²) in [5.41, 5.74) is 2.20. The molecule has 12 nitrogen and oxygen atoms in total. The van der Waals surface area contributed by atoms with E-state index in [1.54, 1.807) is 97.1 Å².